The molecule has 80 valence electrons. The fraction of sp³-hybridized carbons (Fsp3) is 0.429. The Hall–Kier alpha value is -1.80. The van der Waals surface area contributed by atoms with E-state index >= 15 is 0 Å². The van der Waals surface area contributed by atoms with E-state index in [1.54, 1.807) is 0 Å². The van der Waals surface area contributed by atoms with Crippen LogP contribution < -0.4 is 0 Å². The third-order valence-electron chi connectivity index (χ3n) is 3.18. The van der Waals surface area contributed by atoms with Crippen molar-refractivity contribution < 1.29 is 0 Å². The summed E-state index contributed by atoms with van der Waals surface area (Å²) >= 11 is 0. The smallest absolute Gasteiger partial charge is 0.0947 e. The average molecular weight is 210 g/mol. The number of nitrogens with zero attached hydrogens (tertiary/aromatic N) is 2. The highest BCUT2D eigenvalue weighted by atomic mass is 14.3. The van der Waals surface area contributed by atoms with E-state index in [0.717, 1.165) is 49.7 Å². The van der Waals surface area contributed by atoms with Crippen LogP contribution in [-0.4, -0.2) is 0 Å². The Kier molecular flexibility index (Phi) is 3.22. The summed E-state index contributed by atoms with van der Waals surface area (Å²) in [5, 5.41) is 17.8. The maximum absolute atomic E-state index is 8.90. The minimum Gasteiger partial charge on any atom is -0.193 e. The Morgan fingerprint density at radius 1 is 0.750 bits per heavy atom. The largest absolute Gasteiger partial charge is 0.193 e. The zero-order valence-electron chi connectivity index (χ0n) is 9.29. The molecule has 0 N–H and O–H groups in total. The minimum atomic E-state index is 0.881. The van der Waals surface area contributed by atoms with Crippen LogP contribution in [0.2, 0.25) is 0 Å². The SMILES string of the molecule is N#CC1=C/C(=C2\C=C(C#N)CCC2)CCC1. The molecule has 16 heavy (non-hydrogen) atoms. The van der Waals surface area contributed by atoms with E-state index in [4.69, 9.17) is 10.5 Å². The first kappa shape index (κ1) is 10.7. The van der Waals surface area contributed by atoms with Crippen molar-refractivity contribution in [2.75, 3.05) is 0 Å². The molecular weight excluding hydrogens is 196 g/mol. The van der Waals surface area contributed by atoms with Crippen LogP contribution in [0.3, 0.4) is 0 Å². The molecule has 0 aromatic rings. The molecule has 0 amide bonds. The molecule has 0 fully saturated rings. The van der Waals surface area contributed by atoms with Gasteiger partial charge in [-0.25, -0.2) is 0 Å². The van der Waals surface area contributed by atoms with E-state index in [2.05, 4.69) is 12.1 Å². The molecule has 2 nitrogen and oxygen atoms in total. The molecule has 0 heterocycles. The van der Waals surface area contributed by atoms with Crippen molar-refractivity contribution in [2.45, 2.75) is 38.5 Å². The summed E-state index contributed by atoms with van der Waals surface area (Å²) in [5.74, 6) is 0. The van der Waals surface area contributed by atoms with Crippen LogP contribution in [0.4, 0.5) is 0 Å². The standard InChI is InChI=1S/C14H14N2/c15-9-11-3-1-5-13(7-11)14-6-2-4-12(8-14)10-16/h7-8H,1-6H2/b14-13-. The molecule has 0 radical (unpaired) electrons. The predicted octanol–water partition coefficient (Wildman–Crippen LogP) is 3.55. The van der Waals surface area contributed by atoms with Crippen molar-refractivity contribution in [2.24, 2.45) is 0 Å². The number of hydrogen-bond acceptors (Lipinski definition) is 2. The van der Waals surface area contributed by atoms with Crippen LogP contribution in [0.15, 0.2) is 34.4 Å². The molecule has 0 aliphatic heterocycles. The van der Waals surface area contributed by atoms with Crippen LogP contribution >= 0.6 is 0 Å². The Bertz CT molecular complexity index is 420. The third kappa shape index (κ3) is 2.23. The van der Waals surface area contributed by atoms with Crippen LogP contribution in [-0.2, 0) is 0 Å². The first-order valence-corrected chi connectivity index (χ1v) is 5.77. The number of nitriles is 2. The maximum atomic E-state index is 8.90. The van der Waals surface area contributed by atoms with Crippen molar-refractivity contribution >= 4 is 0 Å². The van der Waals surface area contributed by atoms with E-state index in [1.165, 1.54) is 11.1 Å². The normalized spacial score (nSPS) is 25.1. The highest BCUT2D eigenvalue weighted by Gasteiger charge is 2.14. The van der Waals surface area contributed by atoms with Gasteiger partial charge in [0.2, 0.25) is 0 Å². The number of rotatable bonds is 0. The molecule has 2 aliphatic rings. The van der Waals surface area contributed by atoms with Gasteiger partial charge >= 0.3 is 0 Å². The molecule has 0 bridgehead atoms. The van der Waals surface area contributed by atoms with Crippen LogP contribution in [0, 0.1) is 22.7 Å². The van der Waals surface area contributed by atoms with Gasteiger partial charge in [0.05, 0.1) is 12.1 Å². The van der Waals surface area contributed by atoms with E-state index in [1.807, 2.05) is 12.2 Å². The fourth-order valence-electron chi connectivity index (χ4n) is 2.33. The fourth-order valence-corrected chi connectivity index (χ4v) is 2.33. The summed E-state index contributed by atoms with van der Waals surface area (Å²) < 4.78 is 0. The third-order valence-corrected chi connectivity index (χ3v) is 3.18. The zero-order chi connectivity index (χ0) is 11.4. The maximum Gasteiger partial charge on any atom is 0.0947 e. The van der Waals surface area contributed by atoms with E-state index in [-0.39, 0.29) is 0 Å². The summed E-state index contributed by atoms with van der Waals surface area (Å²) in [6, 6.07) is 4.48. The second-order valence-corrected chi connectivity index (χ2v) is 4.32. The van der Waals surface area contributed by atoms with Gasteiger partial charge < -0.3 is 0 Å². The first-order chi connectivity index (χ1) is 7.83. The Morgan fingerprint density at radius 3 is 1.56 bits per heavy atom. The summed E-state index contributed by atoms with van der Waals surface area (Å²) in [7, 11) is 0. The second kappa shape index (κ2) is 4.81. The molecule has 0 aromatic heterocycles. The highest BCUT2D eigenvalue weighted by Crippen LogP contribution is 2.30. The average Bonchev–Trinajstić information content (AvgIpc) is 2.39. The van der Waals surface area contributed by atoms with Crippen molar-refractivity contribution in [3.63, 3.8) is 0 Å². The lowest BCUT2D eigenvalue weighted by Crippen LogP contribution is -2.00. The predicted molar refractivity (Wildman–Crippen MR) is 62.1 cm³/mol. The first-order valence-electron chi connectivity index (χ1n) is 5.77. The van der Waals surface area contributed by atoms with Crippen LogP contribution in [0.25, 0.3) is 0 Å². The molecule has 2 aliphatic carbocycles. The lowest BCUT2D eigenvalue weighted by Gasteiger charge is -2.17. The monoisotopic (exact) mass is 210 g/mol. The van der Waals surface area contributed by atoms with Gasteiger partial charge in [-0.05, 0) is 61.8 Å². The molecule has 2 heteroatoms. The molecule has 0 saturated heterocycles. The quantitative estimate of drug-likeness (QED) is 0.613. The van der Waals surface area contributed by atoms with Crippen molar-refractivity contribution in [1.29, 1.82) is 10.5 Å². The second-order valence-electron chi connectivity index (χ2n) is 4.32. The van der Waals surface area contributed by atoms with Crippen molar-refractivity contribution in [1.82, 2.24) is 0 Å². The van der Waals surface area contributed by atoms with Gasteiger partial charge in [0.25, 0.3) is 0 Å². The highest BCUT2D eigenvalue weighted by molar-refractivity contribution is 5.44. The minimum absolute atomic E-state index is 0.881. The summed E-state index contributed by atoms with van der Waals surface area (Å²) in [6.07, 6.45) is 10.1. The zero-order valence-corrected chi connectivity index (χ0v) is 9.29. The van der Waals surface area contributed by atoms with Gasteiger partial charge in [-0.15, -0.1) is 0 Å². The Morgan fingerprint density at radius 2 is 1.19 bits per heavy atom. The van der Waals surface area contributed by atoms with Gasteiger partial charge in [-0.2, -0.15) is 10.5 Å². The molecule has 0 spiro atoms. The molecule has 0 atom stereocenters. The molecular formula is C14H14N2. The Labute approximate surface area is 96.2 Å². The van der Waals surface area contributed by atoms with Gasteiger partial charge in [-0.3, -0.25) is 0 Å². The summed E-state index contributed by atoms with van der Waals surface area (Å²) in [5.41, 5.74) is 4.31. The van der Waals surface area contributed by atoms with E-state index < -0.39 is 0 Å². The summed E-state index contributed by atoms with van der Waals surface area (Å²) in [4.78, 5) is 0. The van der Waals surface area contributed by atoms with Gasteiger partial charge in [0.1, 0.15) is 0 Å². The van der Waals surface area contributed by atoms with E-state index in [9.17, 15) is 0 Å². The lowest BCUT2D eigenvalue weighted by atomic mass is 9.87. The molecule has 0 aromatic carbocycles. The van der Waals surface area contributed by atoms with E-state index in [0.29, 0.717) is 0 Å². The van der Waals surface area contributed by atoms with Gasteiger partial charge in [-0.1, -0.05) is 0 Å². The van der Waals surface area contributed by atoms with Crippen LogP contribution in [0.5, 0.6) is 0 Å². The number of allylic oxidation sites excluding steroid dienone is 6. The van der Waals surface area contributed by atoms with Crippen molar-refractivity contribution in [3.8, 4) is 12.1 Å². The molecule has 0 unspecified atom stereocenters. The van der Waals surface area contributed by atoms with Gasteiger partial charge in [0, 0.05) is 11.1 Å². The topological polar surface area (TPSA) is 47.6 Å². The lowest BCUT2D eigenvalue weighted by molar-refractivity contribution is 0.756. The number of hydrogen-bond donors (Lipinski definition) is 0. The molecule has 2 rings (SSSR count). The molecule has 0 saturated carbocycles. The van der Waals surface area contributed by atoms with Crippen molar-refractivity contribution in [3.05, 3.63) is 34.4 Å². The van der Waals surface area contributed by atoms with Gasteiger partial charge in [0.15, 0.2) is 0 Å². The summed E-state index contributed by atoms with van der Waals surface area (Å²) in [6.45, 7) is 0. The Balaban J connectivity index is 2.35. The van der Waals surface area contributed by atoms with Crippen LogP contribution in [0.1, 0.15) is 38.5 Å².